The molecule has 2 atom stereocenters. The van der Waals surface area contributed by atoms with Crippen LogP contribution in [0.3, 0.4) is 0 Å². The fraction of sp³-hybridized carbons (Fsp3) is 0.462. The molecule has 0 N–H and O–H groups in total. The van der Waals surface area contributed by atoms with Gasteiger partial charge in [0.05, 0.1) is 21.9 Å². The normalized spacial score (nSPS) is 22.7. The summed E-state index contributed by atoms with van der Waals surface area (Å²) in [5.41, 5.74) is 1.50. The molecule has 2 unspecified atom stereocenters. The SMILES string of the molecule is CC1CC1Cn1c(CCl)nc2cc(F)c(Cl)cc21. The minimum atomic E-state index is -0.435. The Kier molecular flexibility index (Phi) is 2.99. The Labute approximate surface area is 115 Å². The smallest absolute Gasteiger partial charge is 0.144 e. The van der Waals surface area contributed by atoms with E-state index in [9.17, 15) is 4.39 Å². The largest absolute Gasteiger partial charge is 0.327 e. The lowest BCUT2D eigenvalue weighted by molar-refractivity contribution is 0.591. The van der Waals surface area contributed by atoms with E-state index < -0.39 is 5.82 Å². The molecular formula is C13H13Cl2FN2. The second-order valence-electron chi connectivity index (χ2n) is 5.00. The summed E-state index contributed by atoms with van der Waals surface area (Å²) in [6, 6.07) is 3.02. The van der Waals surface area contributed by atoms with E-state index in [-0.39, 0.29) is 5.02 Å². The lowest BCUT2D eigenvalue weighted by Gasteiger charge is -2.07. The van der Waals surface area contributed by atoms with Crippen molar-refractivity contribution in [1.82, 2.24) is 9.55 Å². The number of hydrogen-bond acceptors (Lipinski definition) is 1. The first-order valence-corrected chi connectivity index (χ1v) is 6.91. The molecule has 1 saturated carbocycles. The van der Waals surface area contributed by atoms with Crippen LogP contribution in [0.5, 0.6) is 0 Å². The lowest BCUT2D eigenvalue weighted by Crippen LogP contribution is -2.04. The van der Waals surface area contributed by atoms with Crippen LogP contribution in [0.15, 0.2) is 12.1 Å². The van der Waals surface area contributed by atoms with Gasteiger partial charge in [-0.25, -0.2) is 9.37 Å². The van der Waals surface area contributed by atoms with Crippen LogP contribution in [0.4, 0.5) is 4.39 Å². The van der Waals surface area contributed by atoms with Gasteiger partial charge in [-0.15, -0.1) is 11.6 Å². The Morgan fingerprint density at radius 1 is 1.50 bits per heavy atom. The first kappa shape index (κ1) is 12.2. The van der Waals surface area contributed by atoms with Gasteiger partial charge in [-0.1, -0.05) is 18.5 Å². The zero-order valence-corrected chi connectivity index (χ0v) is 11.5. The highest BCUT2D eigenvalue weighted by molar-refractivity contribution is 6.31. The van der Waals surface area contributed by atoms with Crippen LogP contribution < -0.4 is 0 Å². The Morgan fingerprint density at radius 3 is 2.83 bits per heavy atom. The molecule has 0 radical (unpaired) electrons. The van der Waals surface area contributed by atoms with Crippen molar-refractivity contribution in [2.45, 2.75) is 25.8 Å². The van der Waals surface area contributed by atoms with Crippen molar-refractivity contribution in [3.8, 4) is 0 Å². The molecule has 1 aromatic carbocycles. The van der Waals surface area contributed by atoms with E-state index in [1.54, 1.807) is 6.07 Å². The zero-order chi connectivity index (χ0) is 12.9. The monoisotopic (exact) mass is 286 g/mol. The number of hydrogen-bond donors (Lipinski definition) is 0. The lowest BCUT2D eigenvalue weighted by atomic mass is 10.3. The summed E-state index contributed by atoms with van der Waals surface area (Å²) in [5, 5.41) is 0.133. The molecule has 0 aliphatic heterocycles. The van der Waals surface area contributed by atoms with Crippen LogP contribution in [-0.4, -0.2) is 9.55 Å². The van der Waals surface area contributed by atoms with Crippen molar-refractivity contribution in [3.05, 3.63) is 28.8 Å². The standard InChI is InChI=1S/C13H13Cl2FN2/c1-7-2-8(7)6-18-12-3-9(15)10(16)4-11(12)17-13(18)5-14/h3-4,7-8H,2,5-6H2,1H3. The maximum absolute atomic E-state index is 13.4. The molecule has 1 fully saturated rings. The number of nitrogens with zero attached hydrogens (tertiary/aromatic N) is 2. The van der Waals surface area contributed by atoms with Crippen molar-refractivity contribution >= 4 is 34.2 Å². The molecule has 18 heavy (non-hydrogen) atoms. The van der Waals surface area contributed by atoms with E-state index in [4.69, 9.17) is 23.2 Å². The molecule has 2 nitrogen and oxygen atoms in total. The second kappa shape index (κ2) is 4.39. The molecule has 0 saturated heterocycles. The van der Waals surface area contributed by atoms with Crippen LogP contribution in [0.25, 0.3) is 11.0 Å². The Bertz CT molecular complexity index is 609. The Hall–Kier alpha value is -0.800. The van der Waals surface area contributed by atoms with Crippen LogP contribution >= 0.6 is 23.2 Å². The molecule has 3 rings (SSSR count). The molecule has 1 heterocycles. The predicted octanol–water partition coefficient (Wildman–Crippen LogP) is 4.22. The minimum absolute atomic E-state index is 0.133. The van der Waals surface area contributed by atoms with Gasteiger partial charge in [0, 0.05) is 12.6 Å². The fourth-order valence-electron chi connectivity index (χ4n) is 2.36. The molecule has 0 bridgehead atoms. The van der Waals surface area contributed by atoms with Crippen LogP contribution in [0, 0.1) is 17.7 Å². The molecule has 1 aliphatic rings. The molecule has 2 aromatic rings. The van der Waals surface area contributed by atoms with Crippen LogP contribution in [0.2, 0.25) is 5.02 Å². The number of alkyl halides is 1. The summed E-state index contributed by atoms with van der Waals surface area (Å²) in [7, 11) is 0. The van der Waals surface area contributed by atoms with E-state index in [0.29, 0.717) is 17.3 Å². The predicted molar refractivity (Wildman–Crippen MR) is 71.5 cm³/mol. The highest BCUT2D eigenvalue weighted by Gasteiger charge is 2.33. The average molecular weight is 287 g/mol. The van der Waals surface area contributed by atoms with Crippen molar-refractivity contribution in [2.75, 3.05) is 0 Å². The van der Waals surface area contributed by atoms with E-state index in [1.165, 1.54) is 12.5 Å². The summed E-state index contributed by atoms with van der Waals surface area (Å²) in [5.74, 6) is 2.10. The maximum Gasteiger partial charge on any atom is 0.144 e. The Morgan fingerprint density at radius 2 is 2.22 bits per heavy atom. The summed E-state index contributed by atoms with van der Waals surface area (Å²) in [4.78, 5) is 4.37. The topological polar surface area (TPSA) is 17.8 Å². The van der Waals surface area contributed by atoms with Gasteiger partial charge in [-0.3, -0.25) is 0 Å². The summed E-state index contributed by atoms with van der Waals surface area (Å²) >= 11 is 11.8. The number of rotatable bonds is 3. The molecule has 1 aliphatic carbocycles. The molecule has 0 spiro atoms. The van der Waals surface area contributed by atoms with E-state index in [1.807, 2.05) is 0 Å². The van der Waals surface area contributed by atoms with Crippen molar-refractivity contribution in [1.29, 1.82) is 0 Å². The average Bonchev–Trinajstić information content (AvgIpc) is 2.93. The number of benzene rings is 1. The molecular weight excluding hydrogens is 274 g/mol. The summed E-state index contributed by atoms with van der Waals surface area (Å²) in [6.45, 7) is 3.12. The van der Waals surface area contributed by atoms with Gasteiger partial charge in [0.25, 0.3) is 0 Å². The third-order valence-electron chi connectivity index (χ3n) is 3.68. The zero-order valence-electron chi connectivity index (χ0n) is 9.96. The highest BCUT2D eigenvalue weighted by Crippen LogP contribution is 2.40. The van der Waals surface area contributed by atoms with Crippen molar-refractivity contribution in [3.63, 3.8) is 0 Å². The third-order valence-corrected chi connectivity index (χ3v) is 4.21. The van der Waals surface area contributed by atoms with Crippen molar-refractivity contribution < 1.29 is 4.39 Å². The number of aromatic nitrogens is 2. The Balaban J connectivity index is 2.11. The van der Waals surface area contributed by atoms with E-state index in [0.717, 1.165) is 23.8 Å². The van der Waals surface area contributed by atoms with E-state index >= 15 is 0 Å². The first-order valence-electron chi connectivity index (χ1n) is 6.00. The van der Waals surface area contributed by atoms with Crippen LogP contribution in [0.1, 0.15) is 19.2 Å². The number of imidazole rings is 1. The highest BCUT2D eigenvalue weighted by atomic mass is 35.5. The third kappa shape index (κ3) is 1.99. The quantitative estimate of drug-likeness (QED) is 0.773. The molecule has 1 aromatic heterocycles. The molecule has 96 valence electrons. The van der Waals surface area contributed by atoms with E-state index in [2.05, 4.69) is 16.5 Å². The molecule has 0 amide bonds. The maximum atomic E-state index is 13.4. The van der Waals surface area contributed by atoms with Gasteiger partial charge in [-0.2, -0.15) is 0 Å². The fourth-order valence-corrected chi connectivity index (χ4v) is 2.73. The molecule has 5 heteroatoms. The summed E-state index contributed by atoms with van der Waals surface area (Å²) < 4.78 is 15.5. The van der Waals surface area contributed by atoms with Crippen molar-refractivity contribution in [2.24, 2.45) is 11.8 Å². The number of fused-ring (bicyclic) bond motifs is 1. The summed E-state index contributed by atoms with van der Waals surface area (Å²) in [6.07, 6.45) is 1.23. The van der Waals surface area contributed by atoms with Gasteiger partial charge in [0.2, 0.25) is 0 Å². The van der Waals surface area contributed by atoms with Gasteiger partial charge in [0.1, 0.15) is 11.6 Å². The van der Waals surface area contributed by atoms with Gasteiger partial charge >= 0.3 is 0 Å². The first-order chi connectivity index (χ1) is 8.60. The minimum Gasteiger partial charge on any atom is -0.327 e. The number of halogens is 3. The van der Waals surface area contributed by atoms with Gasteiger partial charge in [0.15, 0.2) is 0 Å². The second-order valence-corrected chi connectivity index (χ2v) is 5.67. The van der Waals surface area contributed by atoms with Gasteiger partial charge < -0.3 is 4.57 Å². The van der Waals surface area contributed by atoms with Crippen LogP contribution in [-0.2, 0) is 12.4 Å². The van der Waals surface area contributed by atoms with Gasteiger partial charge in [-0.05, 0) is 24.3 Å².